The predicted molar refractivity (Wildman–Crippen MR) is 103 cm³/mol. The molecule has 1 unspecified atom stereocenters. The summed E-state index contributed by atoms with van der Waals surface area (Å²) in [7, 11) is -2.16. The summed E-state index contributed by atoms with van der Waals surface area (Å²) < 4.78 is 13.3. The fourth-order valence-electron chi connectivity index (χ4n) is 3.11. The smallest absolute Gasteiger partial charge is 0.243 e. The van der Waals surface area contributed by atoms with Crippen LogP contribution in [0.15, 0.2) is 78.9 Å². The SMILES string of the molecule is Cc1cccc(C)c1C(=O)[P](=O)C(c1ccccc1)c1ccccc1. The van der Waals surface area contributed by atoms with Crippen LogP contribution in [-0.4, -0.2) is 5.52 Å². The lowest BCUT2D eigenvalue weighted by atomic mass is 10.0. The van der Waals surface area contributed by atoms with Crippen LogP contribution >= 0.6 is 7.80 Å². The molecule has 1 radical (unpaired) electrons. The molecule has 0 bridgehead atoms. The number of aryl methyl sites for hydroxylation is 2. The zero-order chi connectivity index (χ0) is 17.8. The van der Waals surface area contributed by atoms with E-state index in [1.807, 2.05) is 92.7 Å². The lowest BCUT2D eigenvalue weighted by Gasteiger charge is -2.18. The second-order valence-electron chi connectivity index (χ2n) is 6.12. The third-order valence-electron chi connectivity index (χ3n) is 4.36. The number of carbonyl (C=O) groups is 1. The van der Waals surface area contributed by atoms with Gasteiger partial charge < -0.3 is 0 Å². The summed E-state index contributed by atoms with van der Waals surface area (Å²) in [6.45, 7) is 3.78. The standard InChI is InChI=1S/C22H20O2P/c1-16-10-9-11-17(2)20(16)22(23)25(24)21(18-12-5-3-6-13-18)19-14-7-4-8-15-19/h3-15,21H,1-2H3. The third kappa shape index (κ3) is 3.60. The summed E-state index contributed by atoms with van der Waals surface area (Å²) in [5, 5.41) is 0. The van der Waals surface area contributed by atoms with Crippen LogP contribution in [0.5, 0.6) is 0 Å². The molecule has 0 heterocycles. The molecule has 2 nitrogen and oxygen atoms in total. The average molecular weight is 347 g/mol. The number of rotatable bonds is 5. The van der Waals surface area contributed by atoms with Crippen LogP contribution in [0.4, 0.5) is 0 Å². The summed E-state index contributed by atoms with van der Waals surface area (Å²) in [5.41, 5.74) is 3.40. The molecule has 0 aliphatic rings. The first-order valence-corrected chi connectivity index (χ1v) is 9.59. The highest BCUT2D eigenvalue weighted by Crippen LogP contribution is 2.48. The van der Waals surface area contributed by atoms with Crippen LogP contribution in [0.1, 0.15) is 38.3 Å². The minimum Gasteiger partial charge on any atom is -0.281 e. The Morgan fingerprint density at radius 3 is 1.60 bits per heavy atom. The van der Waals surface area contributed by atoms with Crippen LogP contribution in [0.2, 0.25) is 0 Å². The monoisotopic (exact) mass is 347 g/mol. The van der Waals surface area contributed by atoms with E-state index in [1.165, 1.54) is 0 Å². The molecule has 0 amide bonds. The van der Waals surface area contributed by atoms with Gasteiger partial charge in [-0.2, -0.15) is 0 Å². The van der Waals surface area contributed by atoms with Gasteiger partial charge in [-0.05, 0) is 36.1 Å². The Morgan fingerprint density at radius 1 is 0.720 bits per heavy atom. The van der Waals surface area contributed by atoms with Gasteiger partial charge in [-0.25, -0.2) is 0 Å². The molecule has 3 aromatic rings. The van der Waals surface area contributed by atoms with E-state index in [-0.39, 0.29) is 5.52 Å². The second-order valence-corrected chi connectivity index (χ2v) is 7.70. The average Bonchev–Trinajstić information content (AvgIpc) is 2.63. The van der Waals surface area contributed by atoms with E-state index >= 15 is 0 Å². The van der Waals surface area contributed by atoms with Crippen molar-refractivity contribution in [2.75, 3.05) is 0 Å². The van der Waals surface area contributed by atoms with Gasteiger partial charge in [-0.15, -0.1) is 0 Å². The maximum atomic E-state index is 13.3. The van der Waals surface area contributed by atoms with Gasteiger partial charge >= 0.3 is 0 Å². The number of carbonyl (C=O) groups excluding carboxylic acids is 1. The van der Waals surface area contributed by atoms with E-state index in [2.05, 4.69) is 0 Å². The summed E-state index contributed by atoms with van der Waals surface area (Å²) in [4.78, 5) is 13.1. The Bertz CT molecular complexity index is 842. The third-order valence-corrected chi connectivity index (χ3v) is 6.05. The topological polar surface area (TPSA) is 34.1 Å². The molecule has 3 rings (SSSR count). The molecule has 0 N–H and O–H groups in total. The molecule has 0 spiro atoms. The Labute approximate surface area is 149 Å². The Kier molecular flexibility index (Phi) is 5.21. The van der Waals surface area contributed by atoms with E-state index in [0.29, 0.717) is 5.56 Å². The number of hydrogen-bond acceptors (Lipinski definition) is 2. The molecular formula is C22H20O2P. The van der Waals surface area contributed by atoms with E-state index < -0.39 is 13.5 Å². The Balaban J connectivity index is 2.08. The van der Waals surface area contributed by atoms with Gasteiger partial charge in [0.15, 0.2) is 7.80 Å². The van der Waals surface area contributed by atoms with E-state index in [1.54, 1.807) is 0 Å². The van der Waals surface area contributed by atoms with Crippen LogP contribution in [0, 0.1) is 13.8 Å². The minimum atomic E-state index is -2.16. The van der Waals surface area contributed by atoms with E-state index in [4.69, 9.17) is 0 Å². The van der Waals surface area contributed by atoms with Gasteiger partial charge in [0.2, 0.25) is 5.52 Å². The van der Waals surface area contributed by atoms with Gasteiger partial charge in [-0.3, -0.25) is 9.36 Å². The van der Waals surface area contributed by atoms with Crippen molar-refractivity contribution in [2.24, 2.45) is 0 Å². The molecule has 0 aliphatic carbocycles. The summed E-state index contributed by atoms with van der Waals surface area (Å²) >= 11 is 0. The fourth-order valence-corrected chi connectivity index (χ4v) is 4.81. The van der Waals surface area contributed by atoms with Gasteiger partial charge in [0.05, 0.1) is 5.66 Å². The zero-order valence-corrected chi connectivity index (χ0v) is 15.2. The van der Waals surface area contributed by atoms with Crippen molar-refractivity contribution in [3.8, 4) is 0 Å². The van der Waals surface area contributed by atoms with Crippen LogP contribution in [-0.2, 0) is 4.57 Å². The highest BCUT2D eigenvalue weighted by molar-refractivity contribution is 7.65. The molecule has 125 valence electrons. The summed E-state index contributed by atoms with van der Waals surface area (Å²) in [5.74, 6) is 0. The van der Waals surface area contributed by atoms with Gasteiger partial charge in [0, 0.05) is 5.56 Å². The quantitative estimate of drug-likeness (QED) is 0.526. The first-order chi connectivity index (χ1) is 12.1. The molecule has 3 heteroatoms. The van der Waals surface area contributed by atoms with Crippen molar-refractivity contribution < 1.29 is 9.36 Å². The van der Waals surface area contributed by atoms with Crippen molar-refractivity contribution in [1.82, 2.24) is 0 Å². The fraction of sp³-hybridized carbons (Fsp3) is 0.136. The molecule has 0 fully saturated rings. The van der Waals surface area contributed by atoms with Crippen molar-refractivity contribution in [3.05, 3.63) is 107 Å². The summed E-state index contributed by atoms with van der Waals surface area (Å²) in [6.07, 6.45) is 0. The number of benzene rings is 3. The normalized spacial score (nSPS) is 11.4. The highest BCUT2D eigenvalue weighted by Gasteiger charge is 2.29. The van der Waals surface area contributed by atoms with E-state index in [0.717, 1.165) is 22.3 Å². The van der Waals surface area contributed by atoms with Crippen LogP contribution in [0.3, 0.4) is 0 Å². The first kappa shape index (κ1) is 17.3. The molecule has 0 saturated heterocycles. The molecule has 0 aromatic heterocycles. The summed E-state index contributed by atoms with van der Waals surface area (Å²) in [6, 6.07) is 24.9. The van der Waals surface area contributed by atoms with E-state index in [9.17, 15) is 9.36 Å². The maximum absolute atomic E-state index is 13.3. The Morgan fingerprint density at radius 2 is 1.16 bits per heavy atom. The predicted octanol–water partition coefficient (Wildman–Crippen LogP) is 6.06. The van der Waals surface area contributed by atoms with Gasteiger partial charge in [-0.1, -0.05) is 78.9 Å². The van der Waals surface area contributed by atoms with Gasteiger partial charge in [0.1, 0.15) is 0 Å². The largest absolute Gasteiger partial charge is 0.281 e. The molecule has 1 atom stereocenters. The molecule has 0 saturated carbocycles. The molecular weight excluding hydrogens is 327 g/mol. The zero-order valence-electron chi connectivity index (χ0n) is 14.3. The minimum absolute atomic E-state index is 0.275. The van der Waals surface area contributed by atoms with Crippen molar-refractivity contribution in [3.63, 3.8) is 0 Å². The van der Waals surface area contributed by atoms with Gasteiger partial charge in [0.25, 0.3) is 0 Å². The van der Waals surface area contributed by atoms with Crippen LogP contribution < -0.4 is 0 Å². The molecule has 0 aliphatic heterocycles. The van der Waals surface area contributed by atoms with Crippen molar-refractivity contribution in [1.29, 1.82) is 0 Å². The van der Waals surface area contributed by atoms with Crippen LogP contribution in [0.25, 0.3) is 0 Å². The molecule has 3 aromatic carbocycles. The molecule has 25 heavy (non-hydrogen) atoms. The van der Waals surface area contributed by atoms with Crippen molar-refractivity contribution in [2.45, 2.75) is 19.5 Å². The maximum Gasteiger partial charge on any atom is 0.243 e. The number of hydrogen-bond donors (Lipinski definition) is 0. The Hall–Kier alpha value is -2.57. The lowest BCUT2D eigenvalue weighted by Crippen LogP contribution is -2.06. The van der Waals surface area contributed by atoms with Crippen molar-refractivity contribution >= 4 is 13.3 Å². The highest BCUT2D eigenvalue weighted by atomic mass is 31.1. The first-order valence-electron chi connectivity index (χ1n) is 8.26. The second kappa shape index (κ2) is 7.55. The lowest BCUT2D eigenvalue weighted by molar-refractivity contribution is 0.107.